The molecule has 0 radical (unpaired) electrons. The maximum absolute atomic E-state index is 11.2. The van der Waals surface area contributed by atoms with Crippen molar-refractivity contribution in [1.82, 2.24) is 10.6 Å². The minimum atomic E-state index is 0.104. The molecule has 0 atom stereocenters. The maximum Gasteiger partial charge on any atom is 0.234 e. The Morgan fingerprint density at radius 2 is 2.17 bits per heavy atom. The zero-order valence-corrected chi connectivity index (χ0v) is 7.94. The fourth-order valence-corrected chi connectivity index (χ4v) is 1.45. The summed E-state index contributed by atoms with van der Waals surface area (Å²) in [6, 6.07) is 0. The molecule has 0 heterocycles. The van der Waals surface area contributed by atoms with Gasteiger partial charge in [0.15, 0.2) is 0 Å². The first-order valence-corrected chi connectivity index (χ1v) is 4.68. The number of likely N-dealkylation sites (N-methyl/N-ethyl adjacent to an activating group) is 1. The van der Waals surface area contributed by atoms with Crippen LogP contribution in [0.4, 0.5) is 0 Å². The number of rotatable bonds is 4. The van der Waals surface area contributed by atoms with E-state index in [0.29, 0.717) is 6.54 Å². The molecule has 0 aliphatic heterocycles. The van der Waals surface area contributed by atoms with Crippen LogP contribution in [0.3, 0.4) is 0 Å². The minimum absolute atomic E-state index is 0.104. The summed E-state index contributed by atoms with van der Waals surface area (Å²) in [5.74, 6) is 0.124. The van der Waals surface area contributed by atoms with Crippen LogP contribution in [0.15, 0.2) is 0 Å². The largest absolute Gasteiger partial charge is 0.350 e. The van der Waals surface area contributed by atoms with Gasteiger partial charge in [-0.05, 0) is 32.7 Å². The molecule has 1 amide bonds. The molecule has 1 fully saturated rings. The van der Waals surface area contributed by atoms with Crippen molar-refractivity contribution in [2.75, 3.05) is 13.1 Å². The molecule has 0 bridgehead atoms. The van der Waals surface area contributed by atoms with Gasteiger partial charge in [0.05, 0.1) is 6.54 Å². The average Bonchev–Trinajstić information content (AvgIpc) is 1.98. The summed E-state index contributed by atoms with van der Waals surface area (Å²) in [5.41, 5.74) is 0.104. The van der Waals surface area contributed by atoms with Crippen LogP contribution in [-0.2, 0) is 4.79 Å². The van der Waals surface area contributed by atoms with Crippen molar-refractivity contribution in [1.29, 1.82) is 0 Å². The highest BCUT2D eigenvalue weighted by atomic mass is 16.2. The predicted molar refractivity (Wildman–Crippen MR) is 48.9 cm³/mol. The van der Waals surface area contributed by atoms with Crippen LogP contribution in [0.5, 0.6) is 0 Å². The smallest absolute Gasteiger partial charge is 0.234 e. The lowest BCUT2D eigenvalue weighted by atomic mass is 9.78. The first-order chi connectivity index (χ1) is 5.66. The topological polar surface area (TPSA) is 41.1 Å². The van der Waals surface area contributed by atoms with E-state index >= 15 is 0 Å². The summed E-state index contributed by atoms with van der Waals surface area (Å²) in [6.45, 7) is 5.41. The molecule has 3 nitrogen and oxygen atoms in total. The average molecular weight is 170 g/mol. The Balaban J connectivity index is 2.16. The summed E-state index contributed by atoms with van der Waals surface area (Å²) >= 11 is 0. The van der Waals surface area contributed by atoms with E-state index in [4.69, 9.17) is 0 Å². The molecule has 0 unspecified atom stereocenters. The van der Waals surface area contributed by atoms with Gasteiger partial charge in [-0.2, -0.15) is 0 Å². The van der Waals surface area contributed by atoms with Crippen LogP contribution >= 0.6 is 0 Å². The van der Waals surface area contributed by atoms with E-state index in [1.807, 2.05) is 6.92 Å². The van der Waals surface area contributed by atoms with Crippen molar-refractivity contribution in [2.45, 2.75) is 38.6 Å². The van der Waals surface area contributed by atoms with E-state index in [-0.39, 0.29) is 11.4 Å². The van der Waals surface area contributed by atoms with Crippen molar-refractivity contribution >= 4 is 5.91 Å². The third-order valence-electron chi connectivity index (χ3n) is 2.43. The third-order valence-corrected chi connectivity index (χ3v) is 2.43. The fourth-order valence-electron chi connectivity index (χ4n) is 1.45. The van der Waals surface area contributed by atoms with E-state index < -0.39 is 0 Å². The molecule has 0 spiro atoms. The standard InChI is InChI=1S/C9H18N2O/c1-3-10-7-8(12)11-9(2)5-4-6-9/h10H,3-7H2,1-2H3,(H,11,12). The Morgan fingerprint density at radius 1 is 1.50 bits per heavy atom. The molecule has 0 aromatic heterocycles. The Morgan fingerprint density at radius 3 is 2.58 bits per heavy atom. The highest BCUT2D eigenvalue weighted by molar-refractivity contribution is 5.78. The first-order valence-electron chi connectivity index (χ1n) is 4.68. The van der Waals surface area contributed by atoms with Crippen LogP contribution in [0.2, 0.25) is 0 Å². The van der Waals surface area contributed by atoms with Crippen LogP contribution in [0, 0.1) is 0 Å². The monoisotopic (exact) mass is 170 g/mol. The van der Waals surface area contributed by atoms with Crippen LogP contribution in [0.1, 0.15) is 33.1 Å². The second-order valence-corrected chi connectivity index (χ2v) is 3.74. The molecule has 70 valence electrons. The lowest BCUT2D eigenvalue weighted by Gasteiger charge is -2.39. The third kappa shape index (κ3) is 2.48. The van der Waals surface area contributed by atoms with E-state index in [9.17, 15) is 4.79 Å². The lowest BCUT2D eigenvalue weighted by Crippen LogP contribution is -2.53. The van der Waals surface area contributed by atoms with Gasteiger partial charge in [-0.3, -0.25) is 4.79 Å². The molecule has 2 N–H and O–H groups in total. The number of carbonyl (C=O) groups is 1. The molecule has 0 saturated heterocycles. The van der Waals surface area contributed by atoms with Gasteiger partial charge in [-0.25, -0.2) is 0 Å². The zero-order chi connectivity index (χ0) is 9.03. The molecule has 1 aliphatic carbocycles. The summed E-state index contributed by atoms with van der Waals surface area (Å²) in [4.78, 5) is 11.2. The highest BCUT2D eigenvalue weighted by Gasteiger charge is 2.32. The number of hydrogen-bond donors (Lipinski definition) is 2. The number of carbonyl (C=O) groups excluding carboxylic acids is 1. The highest BCUT2D eigenvalue weighted by Crippen LogP contribution is 2.30. The molecule has 3 heteroatoms. The maximum atomic E-state index is 11.2. The Kier molecular flexibility index (Phi) is 3.09. The quantitative estimate of drug-likeness (QED) is 0.650. The Labute approximate surface area is 73.9 Å². The van der Waals surface area contributed by atoms with Gasteiger partial charge in [0, 0.05) is 5.54 Å². The predicted octanol–water partition coefficient (Wildman–Crippen LogP) is 0.655. The summed E-state index contributed by atoms with van der Waals surface area (Å²) in [6.07, 6.45) is 3.51. The second kappa shape index (κ2) is 3.90. The summed E-state index contributed by atoms with van der Waals surface area (Å²) in [5, 5.41) is 6.03. The lowest BCUT2D eigenvalue weighted by molar-refractivity contribution is -0.122. The van der Waals surface area contributed by atoms with Crippen LogP contribution in [0.25, 0.3) is 0 Å². The van der Waals surface area contributed by atoms with E-state index in [1.54, 1.807) is 0 Å². The van der Waals surface area contributed by atoms with Gasteiger partial charge in [-0.15, -0.1) is 0 Å². The van der Waals surface area contributed by atoms with Crippen molar-refractivity contribution in [2.24, 2.45) is 0 Å². The van der Waals surface area contributed by atoms with Gasteiger partial charge in [0.2, 0.25) is 5.91 Å². The number of amides is 1. The first kappa shape index (κ1) is 9.52. The van der Waals surface area contributed by atoms with Crippen molar-refractivity contribution < 1.29 is 4.79 Å². The van der Waals surface area contributed by atoms with Crippen molar-refractivity contribution in [3.05, 3.63) is 0 Å². The fraction of sp³-hybridized carbons (Fsp3) is 0.889. The minimum Gasteiger partial charge on any atom is -0.350 e. The number of nitrogens with one attached hydrogen (secondary N) is 2. The van der Waals surface area contributed by atoms with Crippen molar-refractivity contribution in [3.63, 3.8) is 0 Å². The SMILES string of the molecule is CCNCC(=O)NC1(C)CCC1. The summed E-state index contributed by atoms with van der Waals surface area (Å²) in [7, 11) is 0. The normalized spacial score (nSPS) is 19.8. The summed E-state index contributed by atoms with van der Waals surface area (Å²) < 4.78 is 0. The van der Waals surface area contributed by atoms with Crippen LogP contribution in [-0.4, -0.2) is 24.5 Å². The second-order valence-electron chi connectivity index (χ2n) is 3.74. The van der Waals surface area contributed by atoms with Crippen LogP contribution < -0.4 is 10.6 Å². The van der Waals surface area contributed by atoms with Gasteiger partial charge in [-0.1, -0.05) is 6.92 Å². The van der Waals surface area contributed by atoms with Crippen molar-refractivity contribution in [3.8, 4) is 0 Å². The molecule has 12 heavy (non-hydrogen) atoms. The zero-order valence-electron chi connectivity index (χ0n) is 7.94. The molecule has 0 aromatic carbocycles. The van der Waals surface area contributed by atoms with Gasteiger partial charge in [0.1, 0.15) is 0 Å². The van der Waals surface area contributed by atoms with E-state index in [2.05, 4.69) is 17.6 Å². The Hall–Kier alpha value is -0.570. The van der Waals surface area contributed by atoms with Gasteiger partial charge < -0.3 is 10.6 Å². The van der Waals surface area contributed by atoms with E-state index in [0.717, 1.165) is 19.4 Å². The molecule has 1 saturated carbocycles. The molecular formula is C9H18N2O. The van der Waals surface area contributed by atoms with Gasteiger partial charge >= 0.3 is 0 Å². The molecule has 0 aromatic rings. The van der Waals surface area contributed by atoms with E-state index in [1.165, 1.54) is 6.42 Å². The number of hydrogen-bond acceptors (Lipinski definition) is 2. The molecule has 1 aliphatic rings. The molecule has 1 rings (SSSR count). The molecular weight excluding hydrogens is 152 g/mol. The van der Waals surface area contributed by atoms with Gasteiger partial charge in [0.25, 0.3) is 0 Å². The Bertz CT molecular complexity index is 164.